The van der Waals surface area contributed by atoms with E-state index in [2.05, 4.69) is 29.6 Å². The second kappa shape index (κ2) is 13.0. The van der Waals surface area contributed by atoms with E-state index in [1.807, 2.05) is 18.2 Å². The van der Waals surface area contributed by atoms with E-state index in [0.717, 1.165) is 60.0 Å². The first-order valence-corrected chi connectivity index (χ1v) is 13.5. The number of carbonyl (C=O) groups excluding carboxylic acids is 2. The van der Waals surface area contributed by atoms with Gasteiger partial charge in [0.25, 0.3) is 5.91 Å². The van der Waals surface area contributed by atoms with Crippen molar-refractivity contribution in [3.63, 3.8) is 0 Å². The standard InChI is InChI=1S/C33H31F3N2O3.ClH/c1-38(2)31(39)20-41-32(40)27-18-26-17-25(22-7-10-28(11-8-22)33(34,35)36)9-12-29(26)30(19-27)24-5-3-21(4-6-24)23-13-15-37-16-14-23;/h3-12,17-19,23,37H,13-16,20H2,1-2H3;1H. The molecule has 9 heteroatoms. The summed E-state index contributed by atoms with van der Waals surface area (Å²) in [5.41, 5.74) is 3.93. The van der Waals surface area contributed by atoms with Crippen LogP contribution in [0.4, 0.5) is 13.2 Å². The highest BCUT2D eigenvalue weighted by atomic mass is 35.5. The molecule has 1 aliphatic heterocycles. The minimum atomic E-state index is -4.41. The fraction of sp³-hybridized carbons (Fsp3) is 0.273. The molecule has 1 heterocycles. The van der Waals surface area contributed by atoms with Crippen molar-refractivity contribution in [1.82, 2.24) is 10.2 Å². The topological polar surface area (TPSA) is 58.6 Å². The minimum absolute atomic E-state index is 0. The van der Waals surface area contributed by atoms with Gasteiger partial charge in [-0.3, -0.25) is 4.79 Å². The third-order valence-electron chi connectivity index (χ3n) is 7.59. The quantitative estimate of drug-likeness (QED) is 0.237. The minimum Gasteiger partial charge on any atom is -0.452 e. The van der Waals surface area contributed by atoms with E-state index in [1.165, 1.54) is 22.6 Å². The number of nitrogens with zero attached hydrogens (tertiary/aromatic N) is 1. The Bertz CT molecular complexity index is 1560. The summed E-state index contributed by atoms with van der Waals surface area (Å²) in [6.45, 7) is 1.62. The normalized spacial score (nSPS) is 13.8. The molecular weight excluding hydrogens is 565 g/mol. The predicted octanol–water partition coefficient (Wildman–Crippen LogP) is 7.33. The van der Waals surface area contributed by atoms with Crippen LogP contribution >= 0.6 is 12.4 Å². The van der Waals surface area contributed by atoms with Gasteiger partial charge in [-0.2, -0.15) is 13.2 Å². The van der Waals surface area contributed by atoms with E-state index in [1.54, 1.807) is 26.2 Å². The fourth-order valence-electron chi connectivity index (χ4n) is 5.19. The summed E-state index contributed by atoms with van der Waals surface area (Å²) in [6.07, 6.45) is -2.24. The van der Waals surface area contributed by atoms with Crippen LogP contribution in [-0.2, 0) is 15.7 Å². The highest BCUT2D eigenvalue weighted by Crippen LogP contribution is 2.36. The maximum Gasteiger partial charge on any atom is 0.416 e. The molecule has 0 aliphatic carbocycles. The van der Waals surface area contributed by atoms with E-state index >= 15 is 0 Å². The van der Waals surface area contributed by atoms with E-state index in [9.17, 15) is 22.8 Å². The number of esters is 1. The Morgan fingerprint density at radius 2 is 1.48 bits per heavy atom. The highest BCUT2D eigenvalue weighted by molar-refractivity contribution is 6.04. The molecule has 1 N–H and O–H groups in total. The molecule has 5 rings (SSSR count). The number of carbonyl (C=O) groups is 2. The molecule has 0 spiro atoms. The van der Waals surface area contributed by atoms with E-state index in [-0.39, 0.29) is 30.5 Å². The van der Waals surface area contributed by atoms with Crippen LogP contribution in [0.25, 0.3) is 33.0 Å². The van der Waals surface area contributed by atoms with Crippen molar-refractivity contribution in [2.75, 3.05) is 33.8 Å². The maximum absolute atomic E-state index is 13.1. The van der Waals surface area contributed by atoms with Gasteiger partial charge in [-0.05, 0) is 101 Å². The summed E-state index contributed by atoms with van der Waals surface area (Å²) in [7, 11) is 3.17. The van der Waals surface area contributed by atoms with Crippen LogP contribution in [0.1, 0.15) is 40.2 Å². The number of likely N-dealkylation sites (N-methyl/N-ethyl adjacent to an activating group) is 1. The first-order chi connectivity index (χ1) is 19.6. The zero-order valence-corrected chi connectivity index (χ0v) is 24.1. The third kappa shape index (κ3) is 6.94. The number of amides is 1. The molecule has 0 bridgehead atoms. The second-order valence-corrected chi connectivity index (χ2v) is 10.5. The predicted molar refractivity (Wildman–Crippen MR) is 161 cm³/mol. The summed E-state index contributed by atoms with van der Waals surface area (Å²) in [4.78, 5) is 26.4. The van der Waals surface area contributed by atoms with Gasteiger partial charge >= 0.3 is 12.1 Å². The number of alkyl halides is 3. The van der Waals surface area contributed by atoms with E-state index in [4.69, 9.17) is 4.74 Å². The van der Waals surface area contributed by atoms with Crippen molar-refractivity contribution in [2.45, 2.75) is 24.9 Å². The van der Waals surface area contributed by atoms with Crippen LogP contribution in [0.2, 0.25) is 0 Å². The first-order valence-electron chi connectivity index (χ1n) is 13.5. The van der Waals surface area contributed by atoms with Crippen molar-refractivity contribution in [2.24, 2.45) is 0 Å². The van der Waals surface area contributed by atoms with Crippen LogP contribution in [0.3, 0.4) is 0 Å². The number of fused-ring (bicyclic) bond motifs is 1. The van der Waals surface area contributed by atoms with Crippen molar-refractivity contribution in [3.05, 3.63) is 95.6 Å². The van der Waals surface area contributed by atoms with Crippen LogP contribution in [0, 0.1) is 0 Å². The Morgan fingerprint density at radius 1 is 0.857 bits per heavy atom. The molecule has 1 amide bonds. The number of benzene rings is 4. The average Bonchev–Trinajstić information content (AvgIpc) is 2.99. The number of hydrogen-bond acceptors (Lipinski definition) is 4. The van der Waals surface area contributed by atoms with E-state index < -0.39 is 17.7 Å². The lowest BCUT2D eigenvalue weighted by Crippen LogP contribution is -2.27. The number of rotatable bonds is 6. The number of nitrogens with one attached hydrogen (secondary N) is 1. The molecule has 0 saturated carbocycles. The van der Waals surface area contributed by atoms with Gasteiger partial charge in [0.05, 0.1) is 11.1 Å². The average molecular weight is 597 g/mol. The molecule has 0 unspecified atom stereocenters. The molecule has 5 nitrogen and oxygen atoms in total. The zero-order valence-electron chi connectivity index (χ0n) is 23.3. The molecule has 0 atom stereocenters. The lowest BCUT2D eigenvalue weighted by atomic mass is 9.88. The van der Waals surface area contributed by atoms with Gasteiger partial charge in [-0.1, -0.05) is 48.5 Å². The lowest BCUT2D eigenvalue weighted by molar-refractivity contribution is -0.137. The molecular formula is C33H32ClF3N2O3. The molecule has 4 aromatic carbocycles. The zero-order chi connectivity index (χ0) is 29.1. The van der Waals surface area contributed by atoms with Crippen LogP contribution in [0.15, 0.2) is 78.9 Å². The molecule has 1 saturated heterocycles. The number of piperidine rings is 1. The van der Waals surface area contributed by atoms with Crippen molar-refractivity contribution in [3.8, 4) is 22.3 Å². The highest BCUT2D eigenvalue weighted by Gasteiger charge is 2.30. The number of halogens is 4. The van der Waals surface area contributed by atoms with Gasteiger partial charge in [0, 0.05) is 14.1 Å². The monoisotopic (exact) mass is 596 g/mol. The summed E-state index contributed by atoms with van der Waals surface area (Å²) in [6, 6.07) is 22.5. The molecule has 0 aromatic heterocycles. The summed E-state index contributed by atoms with van der Waals surface area (Å²) >= 11 is 0. The van der Waals surface area contributed by atoms with Crippen LogP contribution < -0.4 is 5.32 Å². The van der Waals surface area contributed by atoms with Gasteiger partial charge in [0.1, 0.15) is 0 Å². The summed E-state index contributed by atoms with van der Waals surface area (Å²) in [5, 5.41) is 5.01. The lowest BCUT2D eigenvalue weighted by Gasteiger charge is -2.23. The number of ether oxygens (including phenoxy) is 1. The van der Waals surface area contributed by atoms with Gasteiger partial charge in [-0.15, -0.1) is 12.4 Å². The van der Waals surface area contributed by atoms with Crippen molar-refractivity contribution >= 4 is 35.1 Å². The number of hydrogen-bond donors (Lipinski definition) is 1. The van der Waals surface area contributed by atoms with Gasteiger partial charge in [0.15, 0.2) is 6.61 Å². The Kier molecular flexibility index (Phi) is 9.59. The Labute approximate surface area is 249 Å². The Balaban J connectivity index is 0.00000405. The van der Waals surface area contributed by atoms with Gasteiger partial charge < -0.3 is 15.0 Å². The van der Waals surface area contributed by atoms with Gasteiger partial charge in [0.2, 0.25) is 0 Å². The molecule has 1 fully saturated rings. The smallest absolute Gasteiger partial charge is 0.416 e. The van der Waals surface area contributed by atoms with Gasteiger partial charge in [-0.25, -0.2) is 4.79 Å². The second-order valence-electron chi connectivity index (χ2n) is 10.5. The molecule has 42 heavy (non-hydrogen) atoms. The summed E-state index contributed by atoms with van der Waals surface area (Å²) < 4.78 is 44.5. The molecule has 220 valence electrons. The van der Waals surface area contributed by atoms with Crippen molar-refractivity contribution in [1.29, 1.82) is 0 Å². The molecule has 0 radical (unpaired) electrons. The summed E-state index contributed by atoms with van der Waals surface area (Å²) in [5.74, 6) is -0.462. The van der Waals surface area contributed by atoms with Crippen molar-refractivity contribution < 1.29 is 27.5 Å². The van der Waals surface area contributed by atoms with Crippen LogP contribution in [0.5, 0.6) is 0 Å². The maximum atomic E-state index is 13.1. The van der Waals surface area contributed by atoms with Crippen LogP contribution in [-0.4, -0.2) is 50.6 Å². The Morgan fingerprint density at radius 3 is 2.10 bits per heavy atom. The molecule has 1 aliphatic rings. The largest absolute Gasteiger partial charge is 0.452 e. The Hall–Kier alpha value is -3.88. The SMILES string of the molecule is CN(C)C(=O)COC(=O)c1cc(-c2ccc(C3CCNCC3)cc2)c2ccc(-c3ccc(C(F)(F)F)cc3)cc2c1.Cl. The third-order valence-corrected chi connectivity index (χ3v) is 7.59. The fourth-order valence-corrected chi connectivity index (χ4v) is 5.19. The first kappa shape index (κ1) is 31.1. The molecule has 4 aromatic rings. The van der Waals surface area contributed by atoms with E-state index in [0.29, 0.717) is 17.0 Å².